The summed E-state index contributed by atoms with van der Waals surface area (Å²) in [5.74, 6) is 1.01. The predicted molar refractivity (Wildman–Crippen MR) is 63.3 cm³/mol. The third-order valence-corrected chi connectivity index (χ3v) is 2.77. The number of ether oxygens (including phenoxy) is 1. The summed E-state index contributed by atoms with van der Waals surface area (Å²) in [4.78, 5) is 0. The molecule has 0 saturated heterocycles. The van der Waals surface area contributed by atoms with Gasteiger partial charge in [-0.05, 0) is 25.7 Å². The molecule has 1 fully saturated rings. The van der Waals surface area contributed by atoms with Crippen molar-refractivity contribution in [2.24, 2.45) is 0 Å². The first-order valence-corrected chi connectivity index (χ1v) is 5.49. The van der Waals surface area contributed by atoms with Crippen molar-refractivity contribution >= 4 is 23.1 Å². The van der Waals surface area contributed by atoms with Gasteiger partial charge in [0.2, 0.25) is 0 Å². The molecule has 0 spiro atoms. The number of halogens is 1. The summed E-state index contributed by atoms with van der Waals surface area (Å²) in [6.45, 7) is 2.05. The Balaban J connectivity index is 0.00000112. The Bertz CT molecular complexity index is 298. The van der Waals surface area contributed by atoms with Gasteiger partial charge in [0, 0.05) is 5.75 Å². The van der Waals surface area contributed by atoms with Crippen molar-refractivity contribution in [1.29, 1.82) is 0 Å². The molecular weight excluding hydrogens is 276 g/mol. The van der Waals surface area contributed by atoms with Crippen molar-refractivity contribution in [2.75, 3.05) is 0 Å². The van der Waals surface area contributed by atoms with E-state index in [2.05, 4.69) is 12.1 Å². The van der Waals surface area contributed by atoms with Crippen LogP contribution in [0.4, 0.5) is 0 Å². The molecule has 3 heteroatoms. The molecule has 0 N–H and O–H groups in total. The molecule has 1 aromatic rings. The Kier molecular flexibility index (Phi) is 8.51. The van der Waals surface area contributed by atoms with Gasteiger partial charge in [0.1, 0.15) is 0 Å². The zero-order valence-electron chi connectivity index (χ0n) is 9.84. The average molecular weight is 293 g/mol. The molecule has 0 aromatic heterocycles. The second-order valence-corrected chi connectivity index (χ2v) is 4.09. The summed E-state index contributed by atoms with van der Waals surface area (Å²) in [6.07, 6.45) is 6.91. The molecule has 84 valence electrons. The molecular formula is C13H17BrMgO. The molecule has 0 unspecified atom stereocenters. The van der Waals surface area contributed by atoms with Crippen molar-refractivity contribution in [2.45, 2.75) is 45.1 Å². The van der Waals surface area contributed by atoms with Crippen LogP contribution in [0.3, 0.4) is 0 Å². The first-order valence-electron chi connectivity index (χ1n) is 5.49. The second-order valence-electron chi connectivity index (χ2n) is 4.09. The SMILES string of the molecule is Cc1[c-]ccc(OC2CCCCC2)c1.[Br-].[Mg+2]. The molecule has 1 aliphatic rings. The second kappa shape index (κ2) is 8.37. The van der Waals surface area contributed by atoms with Gasteiger partial charge in [0.15, 0.2) is 0 Å². The van der Waals surface area contributed by atoms with E-state index in [1.165, 1.54) is 32.1 Å². The van der Waals surface area contributed by atoms with Crippen LogP contribution in [-0.2, 0) is 0 Å². The average Bonchev–Trinajstić information content (AvgIpc) is 2.19. The molecule has 0 heterocycles. The van der Waals surface area contributed by atoms with Crippen molar-refractivity contribution < 1.29 is 21.7 Å². The van der Waals surface area contributed by atoms with Gasteiger partial charge in [-0.3, -0.25) is 0 Å². The summed E-state index contributed by atoms with van der Waals surface area (Å²) in [5, 5.41) is 0. The van der Waals surface area contributed by atoms with E-state index in [9.17, 15) is 0 Å². The van der Waals surface area contributed by atoms with Gasteiger partial charge in [-0.2, -0.15) is 17.7 Å². The Hall–Kier alpha value is 0.266. The topological polar surface area (TPSA) is 9.23 Å². The Morgan fingerprint density at radius 2 is 1.94 bits per heavy atom. The van der Waals surface area contributed by atoms with Crippen LogP contribution in [0.15, 0.2) is 18.2 Å². The molecule has 0 atom stereocenters. The molecule has 16 heavy (non-hydrogen) atoms. The summed E-state index contributed by atoms with van der Waals surface area (Å²) < 4.78 is 5.92. The van der Waals surface area contributed by atoms with E-state index < -0.39 is 0 Å². The van der Waals surface area contributed by atoms with Crippen molar-refractivity contribution in [3.8, 4) is 5.75 Å². The van der Waals surface area contributed by atoms with Crippen LogP contribution in [0.2, 0.25) is 0 Å². The zero-order chi connectivity index (χ0) is 9.80. The molecule has 0 amide bonds. The number of hydrogen-bond donors (Lipinski definition) is 0. The molecule has 2 rings (SSSR count). The summed E-state index contributed by atoms with van der Waals surface area (Å²) >= 11 is 0. The minimum Gasteiger partial charge on any atom is -1.00 e. The van der Waals surface area contributed by atoms with Crippen molar-refractivity contribution in [3.63, 3.8) is 0 Å². The van der Waals surface area contributed by atoms with Crippen LogP contribution in [0.1, 0.15) is 37.7 Å². The van der Waals surface area contributed by atoms with Crippen molar-refractivity contribution in [1.82, 2.24) is 0 Å². The van der Waals surface area contributed by atoms with Crippen LogP contribution >= 0.6 is 0 Å². The first kappa shape index (κ1) is 16.3. The monoisotopic (exact) mass is 292 g/mol. The third-order valence-electron chi connectivity index (χ3n) is 2.77. The minimum absolute atomic E-state index is 0. The normalized spacial score (nSPS) is 15.8. The summed E-state index contributed by atoms with van der Waals surface area (Å²) in [6, 6.07) is 9.13. The first-order chi connectivity index (χ1) is 6.84. The molecule has 0 aliphatic heterocycles. The van der Waals surface area contributed by atoms with Gasteiger partial charge >= 0.3 is 23.1 Å². The predicted octanol–water partition coefficient (Wildman–Crippen LogP) is 0.130. The quantitative estimate of drug-likeness (QED) is 0.556. The fourth-order valence-electron chi connectivity index (χ4n) is 2.01. The third kappa shape index (κ3) is 5.06. The van der Waals surface area contributed by atoms with Crippen LogP contribution < -0.4 is 21.7 Å². The molecule has 1 aromatic carbocycles. The summed E-state index contributed by atoms with van der Waals surface area (Å²) in [7, 11) is 0. The Morgan fingerprint density at radius 3 is 2.56 bits per heavy atom. The zero-order valence-corrected chi connectivity index (χ0v) is 12.8. The maximum atomic E-state index is 5.92. The van der Waals surface area contributed by atoms with Crippen LogP contribution in [0.25, 0.3) is 0 Å². The summed E-state index contributed by atoms with van der Waals surface area (Å²) in [5.41, 5.74) is 1.15. The van der Waals surface area contributed by atoms with E-state index in [1.807, 2.05) is 19.1 Å². The van der Waals surface area contributed by atoms with E-state index in [0.717, 1.165) is 11.3 Å². The van der Waals surface area contributed by atoms with E-state index in [-0.39, 0.29) is 40.0 Å². The maximum absolute atomic E-state index is 5.92. The smallest absolute Gasteiger partial charge is 1.00 e. The largest absolute Gasteiger partial charge is 2.00 e. The number of rotatable bonds is 2. The minimum atomic E-state index is 0. The van der Waals surface area contributed by atoms with E-state index in [0.29, 0.717) is 6.10 Å². The molecule has 1 saturated carbocycles. The van der Waals surface area contributed by atoms with Crippen LogP contribution in [0, 0.1) is 13.0 Å². The van der Waals surface area contributed by atoms with Gasteiger partial charge < -0.3 is 21.7 Å². The number of aryl methyl sites for hydroxylation is 1. The Morgan fingerprint density at radius 1 is 1.25 bits per heavy atom. The fourth-order valence-corrected chi connectivity index (χ4v) is 2.01. The van der Waals surface area contributed by atoms with E-state index in [1.54, 1.807) is 0 Å². The van der Waals surface area contributed by atoms with E-state index in [4.69, 9.17) is 4.74 Å². The molecule has 0 radical (unpaired) electrons. The maximum Gasteiger partial charge on any atom is 2.00 e. The molecule has 1 nitrogen and oxygen atoms in total. The van der Waals surface area contributed by atoms with Crippen LogP contribution in [0.5, 0.6) is 5.75 Å². The van der Waals surface area contributed by atoms with Crippen LogP contribution in [-0.4, -0.2) is 29.2 Å². The number of hydrogen-bond acceptors (Lipinski definition) is 1. The van der Waals surface area contributed by atoms with Gasteiger partial charge in [0.25, 0.3) is 0 Å². The van der Waals surface area contributed by atoms with Gasteiger partial charge in [-0.1, -0.05) is 13.3 Å². The van der Waals surface area contributed by atoms with E-state index >= 15 is 0 Å². The van der Waals surface area contributed by atoms with Gasteiger partial charge in [-0.15, -0.1) is 12.1 Å². The standard InChI is InChI=1S/C13H17O.BrH.Mg/c1-11-6-5-9-13(10-11)14-12-7-3-2-4-8-12;;/h5,9-10,12H,2-4,7-8H2,1H3;1H;/q-1;;+2/p-1. The van der Waals surface area contributed by atoms with Gasteiger partial charge in [0.05, 0.1) is 6.10 Å². The molecule has 0 bridgehead atoms. The van der Waals surface area contributed by atoms with Gasteiger partial charge in [-0.25, -0.2) is 0 Å². The van der Waals surface area contributed by atoms with Crippen molar-refractivity contribution in [3.05, 3.63) is 29.8 Å². The number of benzene rings is 1. The molecule has 1 aliphatic carbocycles. The Labute approximate surface area is 125 Å². The fraction of sp³-hybridized carbons (Fsp3) is 0.538.